The summed E-state index contributed by atoms with van der Waals surface area (Å²) in [6, 6.07) is 10.0. The Hall–Kier alpha value is -1.72. The van der Waals surface area contributed by atoms with Crippen LogP contribution < -0.4 is 28.7 Å². The van der Waals surface area contributed by atoms with Crippen molar-refractivity contribution < 1.29 is 47.5 Å². The minimum Gasteiger partial charge on any atom is -1.00 e. The molecule has 9 heteroatoms. The van der Waals surface area contributed by atoms with E-state index in [4.69, 9.17) is 14.2 Å². The molecule has 2 atom stereocenters. The fourth-order valence-electron chi connectivity index (χ4n) is 5.83. The van der Waals surface area contributed by atoms with Gasteiger partial charge in [-0.15, -0.1) is 4.37 Å². The Kier molecular flexibility index (Phi) is 19.9. The number of likely N-dealkylation sites (N-methyl/N-ethyl adjacent to an activating group) is 1. The number of rotatable bonds is 22. The first-order valence-electron chi connectivity index (χ1n) is 16.9. The zero-order chi connectivity index (χ0) is 30.6. The van der Waals surface area contributed by atoms with Gasteiger partial charge in [-0.05, 0) is 25.0 Å². The Morgan fingerprint density at radius 2 is 1.43 bits per heavy atom. The highest BCUT2D eigenvalue weighted by atomic mass is 127. The van der Waals surface area contributed by atoms with Crippen LogP contribution in [0, 0.1) is 0 Å². The van der Waals surface area contributed by atoms with Crippen molar-refractivity contribution in [1.29, 1.82) is 0 Å². The lowest BCUT2D eigenvalue weighted by atomic mass is 10.0. The van der Waals surface area contributed by atoms with Gasteiger partial charge in [0.1, 0.15) is 12.2 Å². The number of hydrogen-bond donors (Lipinski definition) is 0. The summed E-state index contributed by atoms with van der Waals surface area (Å²) in [6.45, 7) is 7.01. The minimum absolute atomic E-state index is 0. The van der Waals surface area contributed by atoms with E-state index in [-0.39, 0.29) is 24.0 Å². The first-order valence-corrected chi connectivity index (χ1v) is 17.7. The number of aromatic nitrogens is 2. The van der Waals surface area contributed by atoms with E-state index in [1.54, 1.807) is 0 Å². The van der Waals surface area contributed by atoms with Crippen molar-refractivity contribution in [2.75, 3.05) is 33.4 Å². The lowest BCUT2D eigenvalue weighted by molar-refractivity contribution is -0.953. The molecule has 0 bridgehead atoms. The van der Waals surface area contributed by atoms with E-state index >= 15 is 0 Å². The molecule has 1 aromatic heterocycles. The van der Waals surface area contributed by atoms with Crippen LogP contribution in [0.1, 0.15) is 134 Å². The average molecular weight is 742 g/mol. The molecule has 1 aliphatic rings. The van der Waals surface area contributed by atoms with E-state index in [9.17, 15) is 4.79 Å². The molecule has 248 valence electrons. The van der Waals surface area contributed by atoms with Crippen LogP contribution in [0.2, 0.25) is 0 Å². The van der Waals surface area contributed by atoms with Gasteiger partial charge in [-0.25, -0.2) is 4.79 Å². The molecule has 0 amide bonds. The molecule has 2 aromatic rings. The van der Waals surface area contributed by atoms with E-state index in [2.05, 4.69) is 35.7 Å². The van der Waals surface area contributed by atoms with E-state index in [0.29, 0.717) is 30.1 Å². The summed E-state index contributed by atoms with van der Waals surface area (Å²) in [5, 5.41) is 0. The molecular formula is C35H56IN3O4S. The quantitative estimate of drug-likeness (QED) is 0.0567. The van der Waals surface area contributed by atoms with Crippen molar-refractivity contribution >= 4 is 23.5 Å². The standard InChI is InChI=1S/C35H56N3O4S.HI/c1-4-6-8-10-11-12-13-14-15-16-21-28-41-35(39)42-34(30-23-18-17-19-24-30)38(3)26-22-25-31(29-38)32-33(37-43-36-32)40-27-20-9-7-5-2;/h17-19,23-25,34H,4-16,20-22,26-29H2,1-3H3;1H/q+1;/p-1. The van der Waals surface area contributed by atoms with Gasteiger partial charge in [0.05, 0.1) is 44.1 Å². The third-order valence-electron chi connectivity index (χ3n) is 8.39. The maximum absolute atomic E-state index is 12.9. The maximum Gasteiger partial charge on any atom is 0.513 e. The van der Waals surface area contributed by atoms with Crippen LogP contribution in [-0.4, -0.2) is 52.7 Å². The summed E-state index contributed by atoms with van der Waals surface area (Å²) in [5.41, 5.74) is 2.86. The van der Waals surface area contributed by atoms with E-state index in [0.717, 1.165) is 55.5 Å². The highest BCUT2D eigenvalue weighted by Gasteiger charge is 2.41. The van der Waals surface area contributed by atoms with Crippen molar-refractivity contribution in [2.45, 2.75) is 123 Å². The molecule has 0 saturated heterocycles. The van der Waals surface area contributed by atoms with Gasteiger partial charge >= 0.3 is 6.16 Å². The number of ether oxygens (including phenoxy) is 3. The van der Waals surface area contributed by atoms with Gasteiger partial charge in [-0.3, -0.25) is 4.48 Å². The highest BCUT2D eigenvalue weighted by Crippen LogP contribution is 2.37. The van der Waals surface area contributed by atoms with Crippen molar-refractivity contribution in [3.8, 4) is 5.88 Å². The molecule has 1 aromatic carbocycles. The van der Waals surface area contributed by atoms with Crippen molar-refractivity contribution in [3.63, 3.8) is 0 Å². The highest BCUT2D eigenvalue weighted by molar-refractivity contribution is 6.99. The lowest BCUT2D eigenvalue weighted by Crippen LogP contribution is -3.00. The normalized spacial score (nSPS) is 16.9. The number of nitrogens with zero attached hydrogens (tertiary/aromatic N) is 3. The number of benzene rings is 1. The largest absolute Gasteiger partial charge is 1.00 e. The third-order valence-corrected chi connectivity index (χ3v) is 8.90. The second-order valence-electron chi connectivity index (χ2n) is 12.2. The zero-order valence-electron chi connectivity index (χ0n) is 27.4. The number of unbranched alkanes of at least 4 members (excludes halogenated alkanes) is 13. The summed E-state index contributed by atoms with van der Waals surface area (Å²) in [7, 11) is 2.15. The van der Waals surface area contributed by atoms with Crippen LogP contribution in [0.15, 0.2) is 36.4 Å². The van der Waals surface area contributed by atoms with Crippen molar-refractivity contribution in [1.82, 2.24) is 8.75 Å². The molecule has 44 heavy (non-hydrogen) atoms. The van der Waals surface area contributed by atoms with Crippen LogP contribution in [0.3, 0.4) is 0 Å². The van der Waals surface area contributed by atoms with Crippen LogP contribution in [-0.2, 0) is 9.47 Å². The molecule has 0 fully saturated rings. The molecule has 7 nitrogen and oxygen atoms in total. The van der Waals surface area contributed by atoms with Crippen LogP contribution in [0.4, 0.5) is 4.79 Å². The number of carbonyl (C=O) groups is 1. The topological polar surface area (TPSA) is 70.5 Å². The summed E-state index contributed by atoms with van der Waals surface area (Å²) in [6.07, 6.45) is 20.4. The maximum atomic E-state index is 12.9. The number of hydrogen-bond acceptors (Lipinski definition) is 7. The first-order chi connectivity index (χ1) is 21.1. The van der Waals surface area contributed by atoms with Gasteiger partial charge in [0, 0.05) is 12.0 Å². The molecule has 3 rings (SSSR count). The summed E-state index contributed by atoms with van der Waals surface area (Å²) >= 11 is 1.19. The Morgan fingerprint density at radius 3 is 2.09 bits per heavy atom. The monoisotopic (exact) mass is 741 g/mol. The van der Waals surface area contributed by atoms with Gasteiger partial charge in [0.2, 0.25) is 0 Å². The number of carbonyl (C=O) groups excluding carboxylic acids is 1. The minimum atomic E-state index is -0.595. The number of halogens is 1. The van der Waals surface area contributed by atoms with E-state index in [1.165, 1.54) is 82.4 Å². The average Bonchev–Trinajstić information content (AvgIpc) is 3.49. The SMILES string of the molecule is CCCCCCCCCCCCCOC(=O)OC(c1ccccc1)[N+]1(C)CCC=C(c2nsnc2OCCCCCC)C1.[I-]. The van der Waals surface area contributed by atoms with Gasteiger partial charge in [0.15, 0.2) is 0 Å². The number of quaternary nitrogens is 1. The molecule has 0 aliphatic carbocycles. The van der Waals surface area contributed by atoms with Crippen molar-refractivity contribution in [3.05, 3.63) is 47.7 Å². The first kappa shape index (κ1) is 38.5. The zero-order valence-corrected chi connectivity index (χ0v) is 30.4. The fraction of sp³-hybridized carbons (Fsp3) is 0.686. The summed E-state index contributed by atoms with van der Waals surface area (Å²) in [5.74, 6) is 0.616. The lowest BCUT2D eigenvalue weighted by Gasteiger charge is -2.42. The molecule has 2 heterocycles. The Balaban J connectivity index is 0.00000675. The van der Waals surface area contributed by atoms with E-state index in [1.807, 2.05) is 30.3 Å². The van der Waals surface area contributed by atoms with Gasteiger partial charge in [-0.2, -0.15) is 4.37 Å². The Labute approximate surface area is 288 Å². The molecule has 0 radical (unpaired) electrons. The van der Waals surface area contributed by atoms with E-state index < -0.39 is 12.4 Å². The molecule has 0 spiro atoms. The predicted molar refractivity (Wildman–Crippen MR) is 176 cm³/mol. The second-order valence-corrected chi connectivity index (χ2v) is 12.7. The Bertz CT molecular complexity index is 1070. The summed E-state index contributed by atoms with van der Waals surface area (Å²) < 4.78 is 27.3. The second kappa shape index (κ2) is 22.7. The van der Waals surface area contributed by atoms with Crippen LogP contribution in [0.5, 0.6) is 5.88 Å². The van der Waals surface area contributed by atoms with Crippen LogP contribution >= 0.6 is 11.7 Å². The van der Waals surface area contributed by atoms with Gasteiger partial charge < -0.3 is 38.2 Å². The predicted octanol–water partition coefficient (Wildman–Crippen LogP) is 6.90. The molecule has 0 N–H and O–H groups in total. The third kappa shape index (κ3) is 13.7. The van der Waals surface area contributed by atoms with Crippen molar-refractivity contribution in [2.24, 2.45) is 0 Å². The summed E-state index contributed by atoms with van der Waals surface area (Å²) in [4.78, 5) is 12.9. The molecule has 0 saturated carbocycles. The smallest absolute Gasteiger partial charge is 0.513 e. The fourth-order valence-corrected chi connectivity index (χ4v) is 6.36. The van der Waals surface area contributed by atoms with Gasteiger partial charge in [0.25, 0.3) is 12.1 Å². The molecular weight excluding hydrogens is 685 g/mol. The Morgan fingerprint density at radius 1 is 0.841 bits per heavy atom. The van der Waals surface area contributed by atoms with Gasteiger partial charge in [-0.1, -0.05) is 122 Å². The molecule has 2 unspecified atom stereocenters. The molecule has 1 aliphatic heterocycles. The van der Waals surface area contributed by atoms with Crippen LogP contribution in [0.25, 0.3) is 5.57 Å².